The van der Waals surface area contributed by atoms with Crippen LogP contribution in [0.3, 0.4) is 0 Å². The van der Waals surface area contributed by atoms with Crippen molar-refractivity contribution in [2.75, 3.05) is 13.1 Å². The molecular weight excluding hydrogens is 348 g/mol. The molecule has 2 aromatic heterocycles. The van der Waals surface area contributed by atoms with E-state index >= 15 is 0 Å². The first kappa shape index (κ1) is 19.1. The van der Waals surface area contributed by atoms with Crippen molar-refractivity contribution in [3.8, 4) is 0 Å². The standard InChI is InChI=1S/C18H26N6O3/c1-4-23-16(20-21-18(23)27)14-5-8-22(9-6-14)15(25)7-10-24-13(3)11-12(2)19-17(24)26/h11,14H,4-10H2,1-3H3,(H,21,27). The highest BCUT2D eigenvalue weighted by Gasteiger charge is 2.27. The van der Waals surface area contributed by atoms with Crippen molar-refractivity contribution >= 4 is 5.91 Å². The Hall–Kier alpha value is -2.71. The van der Waals surface area contributed by atoms with Crippen molar-refractivity contribution in [3.05, 3.63) is 44.2 Å². The largest absolute Gasteiger partial charge is 0.347 e. The molecule has 146 valence electrons. The Balaban J connectivity index is 1.57. The van der Waals surface area contributed by atoms with E-state index in [1.54, 1.807) is 16.1 Å². The highest BCUT2D eigenvalue weighted by molar-refractivity contribution is 5.76. The molecule has 0 spiro atoms. The molecule has 0 saturated carbocycles. The van der Waals surface area contributed by atoms with Crippen LogP contribution < -0.4 is 11.4 Å². The van der Waals surface area contributed by atoms with Crippen LogP contribution in [0.4, 0.5) is 0 Å². The van der Waals surface area contributed by atoms with Gasteiger partial charge in [-0.05, 0) is 39.7 Å². The van der Waals surface area contributed by atoms with Crippen LogP contribution in [0, 0.1) is 13.8 Å². The van der Waals surface area contributed by atoms with Gasteiger partial charge >= 0.3 is 11.4 Å². The minimum absolute atomic E-state index is 0.0373. The smallest absolute Gasteiger partial charge is 0.343 e. The maximum atomic E-state index is 12.5. The van der Waals surface area contributed by atoms with Crippen molar-refractivity contribution in [1.29, 1.82) is 0 Å². The number of carbonyl (C=O) groups is 1. The summed E-state index contributed by atoms with van der Waals surface area (Å²) in [5.74, 6) is 0.997. The van der Waals surface area contributed by atoms with Gasteiger partial charge in [0.2, 0.25) is 5.91 Å². The van der Waals surface area contributed by atoms with Crippen LogP contribution in [0.1, 0.15) is 49.3 Å². The van der Waals surface area contributed by atoms with Gasteiger partial charge in [-0.1, -0.05) is 0 Å². The fourth-order valence-electron chi connectivity index (χ4n) is 3.75. The summed E-state index contributed by atoms with van der Waals surface area (Å²) in [6, 6.07) is 1.84. The van der Waals surface area contributed by atoms with E-state index in [1.807, 2.05) is 24.8 Å². The maximum Gasteiger partial charge on any atom is 0.347 e. The number of likely N-dealkylation sites (tertiary alicyclic amines) is 1. The SMILES string of the molecule is CCn1c(C2CCN(C(=O)CCn3c(C)cc(C)nc3=O)CC2)n[nH]c1=O. The Morgan fingerprint density at radius 1 is 1.22 bits per heavy atom. The number of H-pyrrole nitrogens is 1. The van der Waals surface area contributed by atoms with Gasteiger partial charge in [0.05, 0.1) is 0 Å². The first-order valence-electron chi connectivity index (χ1n) is 9.38. The van der Waals surface area contributed by atoms with Gasteiger partial charge in [0.25, 0.3) is 0 Å². The van der Waals surface area contributed by atoms with E-state index in [0.29, 0.717) is 31.9 Å². The van der Waals surface area contributed by atoms with Crippen LogP contribution in [0.25, 0.3) is 0 Å². The fraction of sp³-hybridized carbons (Fsp3) is 0.611. The fourth-order valence-corrected chi connectivity index (χ4v) is 3.75. The van der Waals surface area contributed by atoms with Crippen molar-refractivity contribution in [2.24, 2.45) is 0 Å². The number of amides is 1. The zero-order valence-corrected chi connectivity index (χ0v) is 16.1. The molecule has 9 nitrogen and oxygen atoms in total. The second kappa shape index (κ2) is 7.89. The van der Waals surface area contributed by atoms with Crippen LogP contribution in [0.2, 0.25) is 0 Å². The Morgan fingerprint density at radius 2 is 1.93 bits per heavy atom. The number of aromatic amines is 1. The Bertz CT molecular complexity index is 933. The maximum absolute atomic E-state index is 12.5. The van der Waals surface area contributed by atoms with Gasteiger partial charge in [-0.3, -0.25) is 13.9 Å². The lowest BCUT2D eigenvalue weighted by Crippen LogP contribution is -2.39. The number of carbonyl (C=O) groups excluding carboxylic acids is 1. The lowest BCUT2D eigenvalue weighted by Gasteiger charge is -2.31. The van der Waals surface area contributed by atoms with Crippen LogP contribution in [0.15, 0.2) is 15.7 Å². The molecule has 1 amide bonds. The number of nitrogens with zero attached hydrogens (tertiary/aromatic N) is 5. The summed E-state index contributed by atoms with van der Waals surface area (Å²) in [6.45, 7) is 7.74. The number of nitrogens with one attached hydrogen (secondary N) is 1. The summed E-state index contributed by atoms with van der Waals surface area (Å²) in [7, 11) is 0. The van der Waals surface area contributed by atoms with Gasteiger partial charge in [-0.2, -0.15) is 10.1 Å². The average Bonchev–Trinajstić information content (AvgIpc) is 3.01. The van der Waals surface area contributed by atoms with Gasteiger partial charge in [-0.15, -0.1) is 0 Å². The van der Waals surface area contributed by atoms with Gasteiger partial charge in [-0.25, -0.2) is 14.7 Å². The molecule has 0 radical (unpaired) electrons. The summed E-state index contributed by atoms with van der Waals surface area (Å²) < 4.78 is 3.20. The molecule has 1 aliphatic heterocycles. The van der Waals surface area contributed by atoms with E-state index in [0.717, 1.165) is 24.4 Å². The third kappa shape index (κ3) is 4.01. The quantitative estimate of drug-likeness (QED) is 0.823. The van der Waals surface area contributed by atoms with E-state index in [9.17, 15) is 14.4 Å². The van der Waals surface area contributed by atoms with E-state index in [2.05, 4.69) is 15.2 Å². The zero-order chi connectivity index (χ0) is 19.6. The number of aromatic nitrogens is 5. The summed E-state index contributed by atoms with van der Waals surface area (Å²) in [5.41, 5.74) is 1.01. The predicted molar refractivity (Wildman–Crippen MR) is 99.7 cm³/mol. The van der Waals surface area contributed by atoms with Crippen molar-refractivity contribution < 1.29 is 4.79 Å². The van der Waals surface area contributed by atoms with E-state index in [-0.39, 0.29) is 29.6 Å². The number of rotatable bonds is 5. The molecular formula is C18H26N6O3. The van der Waals surface area contributed by atoms with Crippen LogP contribution in [0.5, 0.6) is 0 Å². The highest BCUT2D eigenvalue weighted by atomic mass is 16.2. The van der Waals surface area contributed by atoms with E-state index in [1.165, 1.54) is 0 Å². The van der Waals surface area contributed by atoms with Crippen LogP contribution in [-0.4, -0.2) is 48.2 Å². The Kier molecular flexibility index (Phi) is 5.57. The van der Waals surface area contributed by atoms with Gasteiger partial charge < -0.3 is 4.90 Å². The lowest BCUT2D eigenvalue weighted by atomic mass is 9.95. The van der Waals surface area contributed by atoms with Gasteiger partial charge in [0.1, 0.15) is 5.82 Å². The van der Waals surface area contributed by atoms with Gasteiger partial charge in [0.15, 0.2) is 0 Å². The second-order valence-corrected chi connectivity index (χ2v) is 7.01. The van der Waals surface area contributed by atoms with E-state index in [4.69, 9.17) is 0 Å². The van der Waals surface area contributed by atoms with Crippen LogP contribution in [-0.2, 0) is 17.9 Å². The molecule has 0 aliphatic carbocycles. The molecule has 2 aromatic rings. The number of aryl methyl sites for hydroxylation is 2. The summed E-state index contributed by atoms with van der Waals surface area (Å²) in [6.07, 6.45) is 1.83. The minimum atomic E-state index is -0.310. The van der Waals surface area contributed by atoms with Crippen molar-refractivity contribution in [3.63, 3.8) is 0 Å². The first-order valence-corrected chi connectivity index (χ1v) is 9.38. The second-order valence-electron chi connectivity index (χ2n) is 7.01. The van der Waals surface area contributed by atoms with Crippen molar-refractivity contribution in [1.82, 2.24) is 29.2 Å². The van der Waals surface area contributed by atoms with Crippen molar-refractivity contribution in [2.45, 2.75) is 59.0 Å². The molecule has 3 rings (SSSR count). The average molecular weight is 374 g/mol. The molecule has 1 aliphatic rings. The molecule has 0 bridgehead atoms. The van der Waals surface area contributed by atoms with Crippen LogP contribution >= 0.6 is 0 Å². The first-order chi connectivity index (χ1) is 12.9. The summed E-state index contributed by atoms with van der Waals surface area (Å²) in [4.78, 5) is 42.0. The molecule has 0 unspecified atom stereocenters. The summed E-state index contributed by atoms with van der Waals surface area (Å²) in [5, 5.41) is 6.67. The molecule has 3 heterocycles. The Labute approximate surface area is 157 Å². The molecule has 0 aromatic carbocycles. The third-order valence-electron chi connectivity index (χ3n) is 5.21. The molecule has 9 heteroatoms. The molecule has 27 heavy (non-hydrogen) atoms. The topological polar surface area (TPSA) is 106 Å². The zero-order valence-electron chi connectivity index (χ0n) is 16.1. The molecule has 1 saturated heterocycles. The predicted octanol–water partition coefficient (Wildman–Crippen LogP) is 0.561. The lowest BCUT2D eigenvalue weighted by molar-refractivity contribution is -0.132. The third-order valence-corrected chi connectivity index (χ3v) is 5.21. The van der Waals surface area contributed by atoms with Gasteiger partial charge in [0, 0.05) is 49.9 Å². The minimum Gasteiger partial charge on any atom is -0.343 e. The normalized spacial score (nSPS) is 15.3. The molecule has 0 atom stereocenters. The number of hydrogen-bond acceptors (Lipinski definition) is 5. The number of hydrogen-bond donors (Lipinski definition) is 1. The monoisotopic (exact) mass is 374 g/mol. The van der Waals surface area contributed by atoms with E-state index < -0.39 is 0 Å². The Morgan fingerprint density at radius 3 is 2.56 bits per heavy atom. The molecule has 1 N–H and O–H groups in total. The highest BCUT2D eigenvalue weighted by Crippen LogP contribution is 2.26. The number of piperidine rings is 1. The summed E-state index contributed by atoms with van der Waals surface area (Å²) >= 11 is 0. The molecule has 1 fully saturated rings.